The number of anilines is 1. The summed E-state index contributed by atoms with van der Waals surface area (Å²) in [5.41, 5.74) is 4.75. The molecule has 0 aliphatic carbocycles. The summed E-state index contributed by atoms with van der Waals surface area (Å²) in [7, 11) is 3.44. The van der Waals surface area contributed by atoms with Gasteiger partial charge in [-0.15, -0.1) is 0 Å². The molecule has 9 heteroatoms. The maximum absolute atomic E-state index is 14.3. The van der Waals surface area contributed by atoms with Gasteiger partial charge in [-0.1, -0.05) is 6.07 Å². The minimum Gasteiger partial charge on any atom is -0.496 e. The average Bonchev–Trinajstić information content (AvgIpc) is 3.26. The van der Waals surface area contributed by atoms with E-state index in [2.05, 4.69) is 15.1 Å². The van der Waals surface area contributed by atoms with Crippen LogP contribution in [-0.2, 0) is 19.9 Å². The highest BCUT2D eigenvalue weighted by atomic mass is 19.1. The van der Waals surface area contributed by atoms with Crippen molar-refractivity contribution in [2.24, 2.45) is 7.05 Å². The molecule has 0 unspecified atom stereocenters. The van der Waals surface area contributed by atoms with Crippen LogP contribution in [0.5, 0.6) is 5.75 Å². The van der Waals surface area contributed by atoms with Crippen molar-refractivity contribution in [1.29, 1.82) is 0 Å². The Kier molecular flexibility index (Phi) is 5.53. The van der Waals surface area contributed by atoms with Crippen LogP contribution in [0.2, 0.25) is 0 Å². The van der Waals surface area contributed by atoms with Crippen LogP contribution in [0.3, 0.4) is 0 Å². The number of ether oxygens (including phenoxy) is 1. The van der Waals surface area contributed by atoms with Gasteiger partial charge in [0.05, 0.1) is 25.2 Å². The van der Waals surface area contributed by atoms with Crippen LogP contribution in [0, 0.1) is 11.6 Å². The summed E-state index contributed by atoms with van der Waals surface area (Å²) in [6, 6.07) is 8.25. The molecule has 0 saturated heterocycles. The minimum atomic E-state index is -0.870. The van der Waals surface area contributed by atoms with Crippen molar-refractivity contribution in [1.82, 2.24) is 19.7 Å². The Morgan fingerprint density at radius 1 is 1.09 bits per heavy atom. The molecule has 4 aromatic rings. The first-order valence-electron chi connectivity index (χ1n) is 10.7. The number of halogens is 2. The van der Waals surface area contributed by atoms with Crippen LogP contribution < -0.4 is 9.64 Å². The molecule has 0 N–H and O–H groups in total. The molecule has 0 fully saturated rings. The first-order valence-corrected chi connectivity index (χ1v) is 10.7. The normalized spacial score (nSPS) is 13.2. The second-order valence-corrected chi connectivity index (χ2v) is 8.12. The fraction of sp³-hybridized carbons (Fsp3) is 0.200. The summed E-state index contributed by atoms with van der Waals surface area (Å²) in [5.74, 6) is -1.55. The van der Waals surface area contributed by atoms with Crippen molar-refractivity contribution >= 4 is 11.7 Å². The Morgan fingerprint density at radius 2 is 1.94 bits per heavy atom. The van der Waals surface area contributed by atoms with Gasteiger partial charge >= 0.3 is 0 Å². The lowest BCUT2D eigenvalue weighted by Crippen LogP contribution is -2.39. The molecule has 0 atom stereocenters. The number of pyridine rings is 2. The highest BCUT2D eigenvalue weighted by Crippen LogP contribution is 2.32. The number of carbonyl (C=O) groups is 1. The first-order chi connectivity index (χ1) is 16.4. The fourth-order valence-electron chi connectivity index (χ4n) is 4.16. The molecule has 34 heavy (non-hydrogen) atoms. The smallest absolute Gasteiger partial charge is 0.259 e. The highest BCUT2D eigenvalue weighted by molar-refractivity contribution is 6.08. The predicted molar refractivity (Wildman–Crippen MR) is 122 cm³/mol. The summed E-state index contributed by atoms with van der Waals surface area (Å²) in [5, 5.41) is 4.17. The maximum atomic E-state index is 14.3. The van der Waals surface area contributed by atoms with Crippen molar-refractivity contribution in [3.8, 4) is 17.0 Å². The van der Waals surface area contributed by atoms with Gasteiger partial charge in [-0.2, -0.15) is 5.10 Å². The quantitative estimate of drug-likeness (QED) is 0.450. The molecule has 5 rings (SSSR count). The molecular formula is C25H21F2N5O2. The summed E-state index contributed by atoms with van der Waals surface area (Å²) in [6.45, 7) is 0.240. The molecule has 172 valence electrons. The molecule has 1 aromatic carbocycles. The molecule has 1 amide bonds. The number of aromatic nitrogens is 4. The van der Waals surface area contributed by atoms with Crippen LogP contribution in [0.1, 0.15) is 27.0 Å². The van der Waals surface area contributed by atoms with Gasteiger partial charge in [-0.25, -0.2) is 13.8 Å². The Balaban J connectivity index is 1.44. The van der Waals surface area contributed by atoms with Crippen LogP contribution in [0.25, 0.3) is 11.3 Å². The zero-order valence-electron chi connectivity index (χ0n) is 18.6. The monoisotopic (exact) mass is 461 g/mol. The Hall–Kier alpha value is -4.14. The number of nitrogens with zero attached hydrogens (tertiary/aromatic N) is 5. The number of carbonyl (C=O) groups excluding carboxylic acids is 1. The number of amides is 1. The number of hydrogen-bond donors (Lipinski definition) is 0. The summed E-state index contributed by atoms with van der Waals surface area (Å²) < 4.78 is 34.9. The first kappa shape index (κ1) is 21.7. The third-order valence-corrected chi connectivity index (χ3v) is 5.85. The summed E-state index contributed by atoms with van der Waals surface area (Å²) in [4.78, 5) is 22.8. The van der Waals surface area contributed by atoms with E-state index in [1.807, 2.05) is 31.4 Å². The average molecular weight is 461 g/mol. The van der Waals surface area contributed by atoms with E-state index in [1.165, 1.54) is 4.90 Å². The molecular weight excluding hydrogens is 440 g/mol. The van der Waals surface area contributed by atoms with Crippen molar-refractivity contribution < 1.29 is 18.3 Å². The van der Waals surface area contributed by atoms with Gasteiger partial charge < -0.3 is 4.74 Å². The molecule has 1 aliphatic rings. The Bertz CT molecular complexity index is 1380. The zero-order valence-corrected chi connectivity index (χ0v) is 18.6. The van der Waals surface area contributed by atoms with Gasteiger partial charge in [-0.05, 0) is 41.3 Å². The molecule has 0 spiro atoms. The van der Waals surface area contributed by atoms with Gasteiger partial charge in [-0.3, -0.25) is 19.4 Å². The molecule has 1 aliphatic heterocycles. The molecule has 0 radical (unpaired) electrons. The second-order valence-electron chi connectivity index (χ2n) is 8.12. The van der Waals surface area contributed by atoms with Gasteiger partial charge in [0.25, 0.3) is 5.91 Å². The van der Waals surface area contributed by atoms with E-state index in [0.29, 0.717) is 24.2 Å². The summed E-state index contributed by atoms with van der Waals surface area (Å²) in [6.07, 6.45) is 7.33. The number of rotatable bonds is 5. The molecule has 0 bridgehead atoms. The third kappa shape index (κ3) is 4.00. The summed E-state index contributed by atoms with van der Waals surface area (Å²) >= 11 is 0. The molecule has 0 saturated carbocycles. The number of hydrogen-bond acceptors (Lipinski definition) is 5. The predicted octanol–water partition coefficient (Wildman–Crippen LogP) is 3.96. The van der Waals surface area contributed by atoms with E-state index >= 15 is 0 Å². The highest BCUT2D eigenvalue weighted by Gasteiger charge is 2.29. The van der Waals surface area contributed by atoms with Crippen LogP contribution in [-0.4, -0.2) is 39.3 Å². The van der Waals surface area contributed by atoms with E-state index in [9.17, 15) is 13.6 Å². The van der Waals surface area contributed by atoms with Crippen LogP contribution in [0.15, 0.2) is 55.1 Å². The topological polar surface area (TPSA) is 73.1 Å². The van der Waals surface area contributed by atoms with Crippen LogP contribution >= 0.6 is 0 Å². The van der Waals surface area contributed by atoms with Gasteiger partial charge in [0, 0.05) is 49.6 Å². The number of fused-ring (bicyclic) bond motifs is 1. The van der Waals surface area contributed by atoms with Crippen LogP contribution in [0.4, 0.5) is 14.6 Å². The lowest BCUT2D eigenvalue weighted by atomic mass is 9.93. The number of aryl methyl sites for hydroxylation is 1. The van der Waals surface area contributed by atoms with Crippen molar-refractivity contribution in [3.05, 3.63) is 89.0 Å². The van der Waals surface area contributed by atoms with E-state index in [-0.39, 0.29) is 18.3 Å². The fourth-order valence-corrected chi connectivity index (χ4v) is 4.16. The Morgan fingerprint density at radius 3 is 2.62 bits per heavy atom. The van der Waals surface area contributed by atoms with Crippen molar-refractivity contribution in [2.45, 2.75) is 12.8 Å². The molecule has 4 heterocycles. The zero-order chi connectivity index (χ0) is 23.8. The lowest BCUT2D eigenvalue weighted by molar-refractivity contribution is 0.0978. The van der Waals surface area contributed by atoms with E-state index in [1.54, 1.807) is 30.3 Å². The largest absolute Gasteiger partial charge is 0.496 e. The van der Waals surface area contributed by atoms with Crippen molar-refractivity contribution in [3.63, 3.8) is 0 Å². The van der Waals surface area contributed by atoms with E-state index in [0.717, 1.165) is 40.2 Å². The second kappa shape index (κ2) is 8.66. The van der Waals surface area contributed by atoms with Gasteiger partial charge in [0.1, 0.15) is 11.6 Å². The molecule has 7 nitrogen and oxygen atoms in total. The van der Waals surface area contributed by atoms with Gasteiger partial charge in [0.2, 0.25) is 0 Å². The maximum Gasteiger partial charge on any atom is 0.259 e. The molecule has 3 aromatic heterocycles. The SMILES string of the molecule is COc1cc2c(cc1Cc1ccc(-c3cnn(C)c3)nc1)C(=O)N(c1ncc(F)cc1F)CC2. The van der Waals surface area contributed by atoms with E-state index < -0.39 is 11.6 Å². The Labute approximate surface area is 194 Å². The number of benzene rings is 1. The van der Waals surface area contributed by atoms with Crippen molar-refractivity contribution in [2.75, 3.05) is 18.6 Å². The lowest BCUT2D eigenvalue weighted by Gasteiger charge is -2.29. The minimum absolute atomic E-state index is 0.176. The number of methoxy groups -OCH3 is 1. The standard InChI is InChI=1S/C25H21F2N5O2/c1-31-14-18(12-30-31)22-4-3-15(11-28-22)7-17-8-20-16(9-23(17)34-2)5-6-32(25(20)33)24-21(27)10-19(26)13-29-24/h3-4,8-14H,5-7H2,1-2H3. The van der Waals surface area contributed by atoms with E-state index in [4.69, 9.17) is 4.74 Å². The third-order valence-electron chi connectivity index (χ3n) is 5.85. The van der Waals surface area contributed by atoms with Gasteiger partial charge in [0.15, 0.2) is 11.6 Å².